The van der Waals surface area contributed by atoms with Crippen molar-refractivity contribution in [3.63, 3.8) is 0 Å². The SMILES string of the molecule is NCc1cncc(-c2ccc(C3CCC(CC(=O)O)CC3)cc2)n1. The second-order valence-corrected chi connectivity index (χ2v) is 6.54. The Morgan fingerprint density at radius 2 is 1.83 bits per heavy atom. The summed E-state index contributed by atoms with van der Waals surface area (Å²) in [5.41, 5.74) is 9.62. The second-order valence-electron chi connectivity index (χ2n) is 6.54. The lowest BCUT2D eigenvalue weighted by Gasteiger charge is -2.28. The third-order valence-corrected chi connectivity index (χ3v) is 4.88. The molecule has 1 saturated carbocycles. The van der Waals surface area contributed by atoms with Crippen LogP contribution in [0.1, 0.15) is 49.3 Å². The Kier molecular flexibility index (Phi) is 5.20. The van der Waals surface area contributed by atoms with E-state index in [1.807, 2.05) is 0 Å². The van der Waals surface area contributed by atoms with Crippen LogP contribution < -0.4 is 5.73 Å². The van der Waals surface area contributed by atoms with Crippen LogP contribution in [-0.4, -0.2) is 21.0 Å². The molecule has 0 spiro atoms. The number of nitrogens with two attached hydrogens (primary N) is 1. The molecule has 0 saturated heterocycles. The maximum Gasteiger partial charge on any atom is 0.303 e. The van der Waals surface area contributed by atoms with Crippen LogP contribution in [-0.2, 0) is 11.3 Å². The topological polar surface area (TPSA) is 89.1 Å². The van der Waals surface area contributed by atoms with Gasteiger partial charge in [0.2, 0.25) is 0 Å². The molecule has 0 unspecified atom stereocenters. The molecule has 0 amide bonds. The first-order chi connectivity index (χ1) is 11.7. The molecule has 5 nitrogen and oxygen atoms in total. The summed E-state index contributed by atoms with van der Waals surface area (Å²) >= 11 is 0. The fourth-order valence-electron chi connectivity index (χ4n) is 3.52. The zero-order valence-corrected chi connectivity index (χ0v) is 13.7. The summed E-state index contributed by atoms with van der Waals surface area (Å²) < 4.78 is 0. The minimum Gasteiger partial charge on any atom is -0.481 e. The smallest absolute Gasteiger partial charge is 0.303 e. The van der Waals surface area contributed by atoms with Crippen molar-refractivity contribution < 1.29 is 9.90 Å². The highest BCUT2D eigenvalue weighted by atomic mass is 16.4. The summed E-state index contributed by atoms with van der Waals surface area (Å²) in [4.78, 5) is 19.5. The van der Waals surface area contributed by atoms with Crippen LogP contribution >= 0.6 is 0 Å². The summed E-state index contributed by atoms with van der Waals surface area (Å²) in [5.74, 6) is 0.196. The fraction of sp³-hybridized carbons (Fsp3) is 0.421. The Bertz CT molecular complexity index is 692. The van der Waals surface area contributed by atoms with Gasteiger partial charge in [-0.05, 0) is 43.1 Å². The van der Waals surface area contributed by atoms with Crippen molar-refractivity contribution in [2.24, 2.45) is 11.7 Å². The van der Waals surface area contributed by atoms with Gasteiger partial charge in [0.1, 0.15) is 0 Å². The quantitative estimate of drug-likeness (QED) is 0.880. The Hall–Kier alpha value is -2.27. The zero-order chi connectivity index (χ0) is 16.9. The maximum atomic E-state index is 10.8. The molecule has 5 heteroatoms. The molecule has 1 aliphatic rings. The van der Waals surface area contributed by atoms with E-state index in [0.29, 0.717) is 24.8 Å². The Balaban J connectivity index is 1.66. The average molecular weight is 325 g/mol. The second kappa shape index (κ2) is 7.53. The Morgan fingerprint density at radius 3 is 2.46 bits per heavy atom. The third-order valence-electron chi connectivity index (χ3n) is 4.88. The van der Waals surface area contributed by atoms with E-state index < -0.39 is 5.97 Å². The molecule has 0 radical (unpaired) electrons. The first-order valence-corrected chi connectivity index (χ1v) is 8.49. The van der Waals surface area contributed by atoms with Gasteiger partial charge in [-0.2, -0.15) is 0 Å². The highest BCUT2D eigenvalue weighted by molar-refractivity contribution is 5.67. The molecular formula is C19H23N3O2. The lowest BCUT2D eigenvalue weighted by molar-refractivity contribution is -0.138. The van der Waals surface area contributed by atoms with E-state index in [4.69, 9.17) is 10.8 Å². The number of hydrogen-bond donors (Lipinski definition) is 2. The van der Waals surface area contributed by atoms with E-state index in [2.05, 4.69) is 34.2 Å². The van der Waals surface area contributed by atoms with Crippen LogP contribution in [0.3, 0.4) is 0 Å². The third kappa shape index (κ3) is 3.97. The van der Waals surface area contributed by atoms with E-state index >= 15 is 0 Å². The molecule has 0 aliphatic heterocycles. The summed E-state index contributed by atoms with van der Waals surface area (Å²) in [6, 6.07) is 8.49. The van der Waals surface area contributed by atoms with E-state index in [1.54, 1.807) is 12.4 Å². The normalized spacial score (nSPS) is 20.7. The van der Waals surface area contributed by atoms with Crippen LogP contribution in [0.2, 0.25) is 0 Å². The molecule has 0 atom stereocenters. The summed E-state index contributed by atoms with van der Waals surface area (Å²) in [5, 5.41) is 8.91. The summed E-state index contributed by atoms with van der Waals surface area (Å²) in [7, 11) is 0. The van der Waals surface area contributed by atoms with Crippen molar-refractivity contribution in [1.82, 2.24) is 9.97 Å². The van der Waals surface area contributed by atoms with Gasteiger partial charge in [0.25, 0.3) is 0 Å². The van der Waals surface area contributed by atoms with Gasteiger partial charge in [-0.25, -0.2) is 4.98 Å². The minimum absolute atomic E-state index is 0.307. The fourth-order valence-corrected chi connectivity index (χ4v) is 3.52. The molecule has 0 bridgehead atoms. The lowest BCUT2D eigenvalue weighted by Crippen LogP contribution is -2.16. The van der Waals surface area contributed by atoms with Gasteiger partial charge < -0.3 is 10.8 Å². The van der Waals surface area contributed by atoms with E-state index in [9.17, 15) is 4.79 Å². The van der Waals surface area contributed by atoms with Crippen LogP contribution in [0.5, 0.6) is 0 Å². The van der Waals surface area contributed by atoms with E-state index in [-0.39, 0.29) is 0 Å². The number of rotatable bonds is 5. The van der Waals surface area contributed by atoms with Crippen molar-refractivity contribution in [2.75, 3.05) is 0 Å². The molecule has 3 N–H and O–H groups in total. The van der Waals surface area contributed by atoms with Gasteiger partial charge in [0, 0.05) is 24.7 Å². The molecule has 1 aromatic heterocycles. The van der Waals surface area contributed by atoms with E-state index in [1.165, 1.54) is 5.56 Å². The number of aliphatic carboxylic acids is 1. The van der Waals surface area contributed by atoms with Gasteiger partial charge in [0.15, 0.2) is 0 Å². The molecule has 3 rings (SSSR count). The van der Waals surface area contributed by atoms with Gasteiger partial charge in [-0.3, -0.25) is 9.78 Å². The van der Waals surface area contributed by atoms with Gasteiger partial charge in [0.05, 0.1) is 17.6 Å². The summed E-state index contributed by atoms with van der Waals surface area (Å²) in [6.07, 6.45) is 7.89. The number of hydrogen-bond acceptors (Lipinski definition) is 4. The highest BCUT2D eigenvalue weighted by Crippen LogP contribution is 2.37. The number of carboxylic acids is 1. The molecule has 1 fully saturated rings. The van der Waals surface area contributed by atoms with Crippen LogP contribution in [0.25, 0.3) is 11.3 Å². The van der Waals surface area contributed by atoms with E-state index in [0.717, 1.165) is 42.6 Å². The number of benzene rings is 1. The number of nitrogens with zero attached hydrogens (tertiary/aromatic N) is 2. The summed E-state index contributed by atoms with van der Waals surface area (Å²) in [6.45, 7) is 0.387. The first-order valence-electron chi connectivity index (χ1n) is 8.49. The van der Waals surface area contributed by atoms with Crippen LogP contribution in [0, 0.1) is 5.92 Å². The standard InChI is InChI=1S/C19H23N3O2/c20-10-17-11-21-12-18(22-17)16-7-5-15(6-8-16)14-3-1-13(2-4-14)9-19(23)24/h5-8,11-14H,1-4,9-10,20H2,(H,23,24). The van der Waals surface area contributed by atoms with Gasteiger partial charge in [-0.1, -0.05) is 24.3 Å². The minimum atomic E-state index is -0.677. The molecule has 24 heavy (non-hydrogen) atoms. The van der Waals surface area contributed by atoms with Crippen molar-refractivity contribution in [1.29, 1.82) is 0 Å². The molecule has 1 heterocycles. The Morgan fingerprint density at radius 1 is 1.12 bits per heavy atom. The monoisotopic (exact) mass is 325 g/mol. The van der Waals surface area contributed by atoms with Gasteiger partial charge in [-0.15, -0.1) is 0 Å². The number of carbonyl (C=O) groups is 1. The predicted molar refractivity (Wildman–Crippen MR) is 92.3 cm³/mol. The molecule has 126 valence electrons. The molecule has 1 aliphatic carbocycles. The number of carboxylic acid groups (broad SMARTS) is 1. The van der Waals surface area contributed by atoms with Crippen LogP contribution in [0.4, 0.5) is 0 Å². The average Bonchev–Trinajstić information content (AvgIpc) is 2.62. The largest absolute Gasteiger partial charge is 0.481 e. The number of aromatic nitrogens is 2. The molecular weight excluding hydrogens is 302 g/mol. The lowest BCUT2D eigenvalue weighted by atomic mass is 9.77. The molecule has 2 aromatic rings. The van der Waals surface area contributed by atoms with Crippen molar-refractivity contribution in [3.8, 4) is 11.3 Å². The molecule has 1 aromatic carbocycles. The maximum absolute atomic E-state index is 10.8. The van der Waals surface area contributed by atoms with Crippen molar-refractivity contribution in [2.45, 2.75) is 44.6 Å². The van der Waals surface area contributed by atoms with Crippen molar-refractivity contribution >= 4 is 5.97 Å². The predicted octanol–water partition coefficient (Wildman–Crippen LogP) is 3.35. The van der Waals surface area contributed by atoms with Gasteiger partial charge >= 0.3 is 5.97 Å². The van der Waals surface area contributed by atoms with Crippen LogP contribution in [0.15, 0.2) is 36.7 Å². The van der Waals surface area contributed by atoms with Crippen molar-refractivity contribution in [3.05, 3.63) is 47.9 Å². The zero-order valence-electron chi connectivity index (χ0n) is 13.7. The first kappa shape index (κ1) is 16.6. The Labute approximate surface area is 142 Å². The highest BCUT2D eigenvalue weighted by Gasteiger charge is 2.23.